The maximum atomic E-state index is 13.7. The fraction of sp³-hybridized carbons (Fsp3) is 0.200. The molecule has 0 atom stereocenters. The van der Waals surface area contributed by atoms with Gasteiger partial charge in [-0.15, -0.1) is 0 Å². The topological polar surface area (TPSA) is 52.6 Å². The molecule has 1 heterocycles. The molecule has 0 amide bonds. The van der Waals surface area contributed by atoms with Gasteiger partial charge in [0.25, 0.3) is 0 Å². The van der Waals surface area contributed by atoms with Gasteiger partial charge in [0.1, 0.15) is 12.4 Å². The number of ether oxygens (including phenoxy) is 1. The van der Waals surface area contributed by atoms with Crippen molar-refractivity contribution in [2.45, 2.75) is 5.25 Å². The molecule has 0 saturated carbocycles. The molecule has 18 heavy (non-hydrogen) atoms. The fourth-order valence-electron chi connectivity index (χ4n) is 1.59. The summed E-state index contributed by atoms with van der Waals surface area (Å²) in [6.07, 6.45) is 0.874. The normalized spacial score (nSPS) is 15.6. The van der Waals surface area contributed by atoms with Crippen LogP contribution in [0.1, 0.15) is 5.56 Å². The maximum Gasteiger partial charge on any atom is 0.398 e. The summed E-state index contributed by atoms with van der Waals surface area (Å²) in [5.74, 6) is 0.101. The lowest BCUT2D eigenvalue weighted by atomic mass is 10.0. The average molecular weight is 280 g/mol. The van der Waals surface area contributed by atoms with Crippen molar-refractivity contribution >= 4 is 15.7 Å². The van der Waals surface area contributed by atoms with Crippen molar-refractivity contribution in [3.8, 4) is 5.75 Å². The lowest BCUT2D eigenvalue weighted by Gasteiger charge is -2.23. The van der Waals surface area contributed by atoms with E-state index in [9.17, 15) is 21.7 Å². The first-order valence-electron chi connectivity index (χ1n) is 4.75. The van der Waals surface area contributed by atoms with Gasteiger partial charge in [0.15, 0.2) is 0 Å². The Labute approximate surface area is 101 Å². The highest BCUT2D eigenvalue weighted by atomic mass is 32.2. The third-order valence-electron chi connectivity index (χ3n) is 2.41. The highest BCUT2D eigenvalue weighted by Gasteiger charge is 2.52. The molecule has 0 aromatic heterocycles. The number of benzene rings is 1. The number of halogens is 3. The SMILES string of the molecule is O=S(=O)(OF)C(F)(F)C1=CCOc2ccccc21. The highest BCUT2D eigenvalue weighted by Crippen LogP contribution is 2.43. The van der Waals surface area contributed by atoms with Gasteiger partial charge in [-0.05, 0) is 16.7 Å². The number of fused-ring (bicyclic) bond motifs is 1. The van der Waals surface area contributed by atoms with E-state index in [1.165, 1.54) is 18.2 Å². The van der Waals surface area contributed by atoms with Gasteiger partial charge in [0, 0.05) is 11.1 Å². The summed E-state index contributed by atoms with van der Waals surface area (Å²) in [5.41, 5.74) is -0.976. The van der Waals surface area contributed by atoms with Gasteiger partial charge in [-0.25, -0.2) is 0 Å². The van der Waals surface area contributed by atoms with E-state index in [2.05, 4.69) is 4.39 Å². The Balaban J connectivity index is 2.56. The molecule has 98 valence electrons. The second kappa shape index (κ2) is 4.29. The van der Waals surface area contributed by atoms with Crippen molar-refractivity contribution in [3.63, 3.8) is 0 Å². The molecular formula is C10H7F3O4S. The fourth-order valence-corrected chi connectivity index (χ4v) is 2.13. The van der Waals surface area contributed by atoms with Crippen LogP contribution in [0.5, 0.6) is 5.75 Å². The quantitative estimate of drug-likeness (QED) is 0.852. The molecule has 0 unspecified atom stereocenters. The van der Waals surface area contributed by atoms with Crippen LogP contribution in [0.4, 0.5) is 13.3 Å². The van der Waals surface area contributed by atoms with Crippen LogP contribution in [0.15, 0.2) is 30.3 Å². The molecule has 2 rings (SSSR count). The van der Waals surface area contributed by atoms with Crippen LogP contribution in [-0.4, -0.2) is 20.3 Å². The van der Waals surface area contributed by atoms with E-state index in [-0.39, 0.29) is 17.9 Å². The van der Waals surface area contributed by atoms with Gasteiger partial charge in [-0.1, -0.05) is 22.6 Å². The summed E-state index contributed by atoms with van der Waals surface area (Å²) in [7, 11) is -5.66. The predicted octanol–water partition coefficient (Wildman–Crippen LogP) is 2.29. The zero-order chi connectivity index (χ0) is 13.4. The van der Waals surface area contributed by atoms with Crippen molar-refractivity contribution in [1.29, 1.82) is 0 Å². The van der Waals surface area contributed by atoms with Crippen LogP contribution >= 0.6 is 0 Å². The molecule has 0 N–H and O–H groups in total. The summed E-state index contributed by atoms with van der Waals surface area (Å²) < 4.78 is 68.4. The standard InChI is InChI=1S/C10H7F3O4S/c11-10(12,18(14,15)17-13)8-5-6-16-9-4-2-1-3-7(8)9/h1-5H,6H2. The smallest absolute Gasteiger partial charge is 0.398 e. The first-order chi connectivity index (χ1) is 8.40. The molecule has 1 aromatic carbocycles. The van der Waals surface area contributed by atoms with E-state index in [4.69, 9.17) is 4.74 Å². The lowest BCUT2D eigenvalue weighted by Crippen LogP contribution is -2.32. The molecule has 0 radical (unpaired) electrons. The van der Waals surface area contributed by atoms with Crippen LogP contribution in [0, 0.1) is 0 Å². The Morgan fingerprint density at radius 2 is 1.94 bits per heavy atom. The van der Waals surface area contributed by atoms with Crippen LogP contribution in [-0.2, 0) is 14.5 Å². The summed E-state index contributed by atoms with van der Waals surface area (Å²) in [4.78, 5) is 0. The Kier molecular flexibility index (Phi) is 3.07. The summed E-state index contributed by atoms with van der Waals surface area (Å²) in [6, 6.07) is 5.63. The molecular weight excluding hydrogens is 273 g/mol. The molecule has 0 aliphatic carbocycles. The molecule has 0 saturated heterocycles. The van der Waals surface area contributed by atoms with E-state index >= 15 is 0 Å². The number of para-hydroxylation sites is 1. The molecule has 0 fully saturated rings. The number of hydrogen-bond donors (Lipinski definition) is 0. The minimum absolute atomic E-state index is 0.101. The zero-order valence-electron chi connectivity index (χ0n) is 8.77. The number of rotatable bonds is 3. The summed E-state index contributed by atoms with van der Waals surface area (Å²) in [5, 5.41) is -4.48. The van der Waals surface area contributed by atoms with Crippen molar-refractivity contribution in [1.82, 2.24) is 0 Å². The third kappa shape index (κ3) is 1.87. The number of hydrogen-bond acceptors (Lipinski definition) is 4. The minimum atomic E-state index is -5.66. The molecule has 1 aliphatic rings. The highest BCUT2D eigenvalue weighted by molar-refractivity contribution is 7.88. The molecule has 0 spiro atoms. The monoisotopic (exact) mass is 280 g/mol. The molecule has 8 heteroatoms. The Morgan fingerprint density at radius 3 is 2.61 bits per heavy atom. The largest absolute Gasteiger partial charge is 0.489 e. The Hall–Kier alpha value is -1.54. The van der Waals surface area contributed by atoms with Gasteiger partial charge >= 0.3 is 15.4 Å². The first kappa shape index (κ1) is 12.9. The Morgan fingerprint density at radius 1 is 1.28 bits per heavy atom. The van der Waals surface area contributed by atoms with Crippen LogP contribution in [0.3, 0.4) is 0 Å². The van der Waals surface area contributed by atoms with E-state index in [0.717, 1.165) is 6.08 Å². The van der Waals surface area contributed by atoms with Crippen molar-refractivity contribution in [3.05, 3.63) is 35.9 Å². The average Bonchev–Trinajstić information content (AvgIpc) is 2.37. The summed E-state index contributed by atoms with van der Waals surface area (Å²) >= 11 is 0. The van der Waals surface area contributed by atoms with Gasteiger partial charge in [-0.3, -0.25) is 0 Å². The zero-order valence-corrected chi connectivity index (χ0v) is 9.59. The van der Waals surface area contributed by atoms with E-state index in [1.54, 1.807) is 6.07 Å². The van der Waals surface area contributed by atoms with Gasteiger partial charge in [0.2, 0.25) is 0 Å². The predicted molar refractivity (Wildman–Crippen MR) is 56.0 cm³/mol. The van der Waals surface area contributed by atoms with Crippen LogP contribution in [0.25, 0.3) is 5.57 Å². The van der Waals surface area contributed by atoms with E-state index < -0.39 is 20.9 Å². The number of alkyl halides is 2. The van der Waals surface area contributed by atoms with Crippen molar-refractivity contribution < 1.29 is 30.8 Å². The third-order valence-corrected chi connectivity index (χ3v) is 3.43. The van der Waals surface area contributed by atoms with Crippen molar-refractivity contribution in [2.24, 2.45) is 0 Å². The van der Waals surface area contributed by atoms with Crippen molar-refractivity contribution in [2.75, 3.05) is 6.61 Å². The molecule has 1 aliphatic heterocycles. The first-order valence-corrected chi connectivity index (χ1v) is 6.16. The molecule has 1 aromatic rings. The second-order valence-corrected chi connectivity index (χ2v) is 5.01. The maximum absolute atomic E-state index is 13.7. The van der Waals surface area contributed by atoms with Gasteiger partial charge in [-0.2, -0.15) is 17.2 Å². The van der Waals surface area contributed by atoms with E-state index in [1.807, 2.05) is 0 Å². The Bertz CT molecular complexity index is 595. The minimum Gasteiger partial charge on any atom is -0.489 e. The molecule has 4 nitrogen and oxygen atoms in total. The van der Waals surface area contributed by atoms with Crippen LogP contribution in [0.2, 0.25) is 0 Å². The van der Waals surface area contributed by atoms with Crippen LogP contribution < -0.4 is 4.74 Å². The van der Waals surface area contributed by atoms with Gasteiger partial charge < -0.3 is 4.74 Å². The molecule has 0 bridgehead atoms. The lowest BCUT2D eigenvalue weighted by molar-refractivity contribution is -0.0163. The van der Waals surface area contributed by atoms with Gasteiger partial charge in [0.05, 0.1) is 0 Å². The second-order valence-electron chi connectivity index (χ2n) is 3.46. The van der Waals surface area contributed by atoms with E-state index in [0.29, 0.717) is 0 Å². The summed E-state index contributed by atoms with van der Waals surface area (Å²) in [6.45, 7) is -0.232.